The van der Waals surface area contributed by atoms with E-state index in [1.165, 1.54) is 25.0 Å². The Morgan fingerprint density at radius 3 is 2.89 bits per heavy atom. The zero-order valence-electron chi connectivity index (χ0n) is 10.1. The number of halogens is 1. The number of amides is 1. The summed E-state index contributed by atoms with van der Waals surface area (Å²) in [7, 11) is 0. The molecule has 1 aliphatic carbocycles. The second-order valence-electron chi connectivity index (χ2n) is 4.54. The van der Waals surface area contributed by atoms with Gasteiger partial charge in [0, 0.05) is 19.2 Å². The van der Waals surface area contributed by atoms with Crippen molar-refractivity contribution in [2.45, 2.75) is 19.4 Å². The average Bonchev–Trinajstić information content (AvgIpc) is 3.17. The fourth-order valence-electron chi connectivity index (χ4n) is 1.60. The van der Waals surface area contributed by atoms with Gasteiger partial charge in [-0.1, -0.05) is 0 Å². The van der Waals surface area contributed by atoms with E-state index in [4.69, 9.17) is 10.5 Å². The third kappa shape index (κ3) is 4.00. The number of rotatable bonds is 6. The highest BCUT2D eigenvalue weighted by Crippen LogP contribution is 2.27. The van der Waals surface area contributed by atoms with Gasteiger partial charge in [-0.2, -0.15) is 0 Å². The molecule has 1 aromatic rings. The molecule has 4 nitrogen and oxygen atoms in total. The third-order valence-corrected chi connectivity index (χ3v) is 2.82. The van der Waals surface area contributed by atoms with Crippen molar-refractivity contribution < 1.29 is 13.9 Å². The Hall–Kier alpha value is -1.62. The summed E-state index contributed by atoms with van der Waals surface area (Å²) in [5.74, 6) is 0.371. The van der Waals surface area contributed by atoms with Crippen molar-refractivity contribution >= 4 is 5.91 Å². The second-order valence-corrected chi connectivity index (χ2v) is 4.54. The fraction of sp³-hybridized carbons (Fsp3) is 0.462. The number of carbonyl (C=O) groups excluding carboxylic acids is 1. The molecule has 1 saturated carbocycles. The molecule has 18 heavy (non-hydrogen) atoms. The molecule has 0 radical (unpaired) electrons. The lowest BCUT2D eigenvalue weighted by molar-refractivity contribution is -0.123. The van der Waals surface area contributed by atoms with Crippen LogP contribution in [0.4, 0.5) is 4.39 Å². The highest BCUT2D eigenvalue weighted by Gasteiger charge is 2.21. The normalized spacial score (nSPS) is 14.3. The molecule has 0 aliphatic heterocycles. The summed E-state index contributed by atoms with van der Waals surface area (Å²) in [4.78, 5) is 11.4. The van der Waals surface area contributed by atoms with Gasteiger partial charge in [0.05, 0.1) is 0 Å². The number of benzene rings is 1. The van der Waals surface area contributed by atoms with E-state index in [9.17, 15) is 9.18 Å². The number of carbonyl (C=O) groups is 1. The van der Waals surface area contributed by atoms with Crippen LogP contribution >= 0.6 is 0 Å². The van der Waals surface area contributed by atoms with Gasteiger partial charge >= 0.3 is 0 Å². The van der Waals surface area contributed by atoms with Crippen LogP contribution in [0.2, 0.25) is 0 Å². The summed E-state index contributed by atoms with van der Waals surface area (Å²) in [6.07, 6.45) is 2.37. The molecule has 0 spiro atoms. The SMILES string of the molecule is NCc1cc(F)cc(OCC(=O)NCC2CC2)c1. The van der Waals surface area contributed by atoms with Gasteiger partial charge in [-0.05, 0) is 36.5 Å². The summed E-state index contributed by atoms with van der Waals surface area (Å²) in [5, 5.41) is 2.78. The number of ether oxygens (including phenoxy) is 1. The van der Waals surface area contributed by atoms with Crippen LogP contribution in [-0.2, 0) is 11.3 Å². The Bertz CT molecular complexity index is 433. The van der Waals surface area contributed by atoms with Gasteiger partial charge in [-0.25, -0.2) is 4.39 Å². The monoisotopic (exact) mass is 252 g/mol. The van der Waals surface area contributed by atoms with Crippen LogP contribution in [0.3, 0.4) is 0 Å². The highest BCUT2D eigenvalue weighted by molar-refractivity contribution is 5.77. The van der Waals surface area contributed by atoms with Crippen molar-refractivity contribution in [2.24, 2.45) is 11.7 Å². The Labute approximate surface area is 105 Å². The van der Waals surface area contributed by atoms with Crippen molar-refractivity contribution in [3.63, 3.8) is 0 Å². The molecule has 1 aliphatic rings. The lowest BCUT2D eigenvalue weighted by Gasteiger charge is -2.08. The van der Waals surface area contributed by atoms with E-state index >= 15 is 0 Å². The number of hydrogen-bond donors (Lipinski definition) is 2. The van der Waals surface area contributed by atoms with Gasteiger partial charge in [-0.15, -0.1) is 0 Å². The van der Waals surface area contributed by atoms with Crippen LogP contribution in [-0.4, -0.2) is 19.1 Å². The van der Waals surface area contributed by atoms with Crippen LogP contribution in [0, 0.1) is 11.7 Å². The first-order valence-electron chi connectivity index (χ1n) is 6.06. The average molecular weight is 252 g/mol. The lowest BCUT2D eigenvalue weighted by Crippen LogP contribution is -2.30. The van der Waals surface area contributed by atoms with Crippen molar-refractivity contribution in [1.29, 1.82) is 0 Å². The summed E-state index contributed by atoms with van der Waals surface area (Å²) in [5.41, 5.74) is 6.07. The van der Waals surface area contributed by atoms with Gasteiger partial charge in [0.15, 0.2) is 6.61 Å². The first kappa shape index (κ1) is 12.8. The van der Waals surface area contributed by atoms with Crippen molar-refractivity contribution in [3.8, 4) is 5.75 Å². The Balaban J connectivity index is 1.80. The molecule has 2 rings (SSSR count). The van der Waals surface area contributed by atoms with Gasteiger partial charge in [0.25, 0.3) is 5.91 Å². The maximum Gasteiger partial charge on any atom is 0.257 e. The van der Waals surface area contributed by atoms with Crippen LogP contribution in [0.15, 0.2) is 18.2 Å². The van der Waals surface area contributed by atoms with E-state index < -0.39 is 5.82 Å². The lowest BCUT2D eigenvalue weighted by atomic mass is 10.2. The first-order valence-corrected chi connectivity index (χ1v) is 6.06. The largest absolute Gasteiger partial charge is 0.484 e. The number of nitrogens with one attached hydrogen (secondary N) is 1. The standard InChI is InChI=1S/C13H17FN2O2/c14-11-3-10(6-15)4-12(5-11)18-8-13(17)16-7-9-1-2-9/h3-5,9H,1-2,6-8,15H2,(H,16,17). The Kier molecular flexibility index (Phi) is 4.15. The summed E-state index contributed by atoms with van der Waals surface area (Å²) < 4.78 is 18.4. The Morgan fingerprint density at radius 2 is 2.22 bits per heavy atom. The number of nitrogens with two attached hydrogens (primary N) is 1. The number of hydrogen-bond acceptors (Lipinski definition) is 3. The van der Waals surface area contributed by atoms with Crippen LogP contribution in [0.5, 0.6) is 5.75 Å². The third-order valence-electron chi connectivity index (χ3n) is 2.82. The molecular formula is C13H17FN2O2. The minimum Gasteiger partial charge on any atom is -0.484 e. The first-order chi connectivity index (χ1) is 8.67. The molecule has 98 valence electrons. The van der Waals surface area contributed by atoms with Crippen molar-refractivity contribution in [1.82, 2.24) is 5.32 Å². The van der Waals surface area contributed by atoms with Gasteiger partial charge in [0.1, 0.15) is 11.6 Å². The molecule has 0 unspecified atom stereocenters. The van der Waals surface area contributed by atoms with E-state index in [1.54, 1.807) is 6.07 Å². The van der Waals surface area contributed by atoms with Gasteiger partial charge < -0.3 is 15.8 Å². The summed E-state index contributed by atoms with van der Waals surface area (Å²) in [6.45, 7) is 0.849. The molecule has 5 heteroatoms. The molecule has 0 atom stereocenters. The van der Waals surface area contributed by atoms with Crippen molar-refractivity contribution in [3.05, 3.63) is 29.6 Å². The van der Waals surface area contributed by atoms with E-state index in [0.717, 1.165) is 0 Å². The van der Waals surface area contributed by atoms with Gasteiger partial charge in [-0.3, -0.25) is 4.79 Å². The molecular weight excluding hydrogens is 235 g/mol. The predicted molar refractivity (Wildman–Crippen MR) is 65.5 cm³/mol. The zero-order valence-corrected chi connectivity index (χ0v) is 10.1. The zero-order chi connectivity index (χ0) is 13.0. The van der Waals surface area contributed by atoms with Gasteiger partial charge in [0.2, 0.25) is 0 Å². The molecule has 0 aromatic heterocycles. The van der Waals surface area contributed by atoms with E-state index in [-0.39, 0.29) is 19.1 Å². The van der Waals surface area contributed by atoms with Crippen LogP contribution in [0.1, 0.15) is 18.4 Å². The maximum absolute atomic E-state index is 13.2. The van der Waals surface area contributed by atoms with Crippen LogP contribution in [0.25, 0.3) is 0 Å². The molecule has 1 amide bonds. The fourth-order valence-corrected chi connectivity index (χ4v) is 1.60. The maximum atomic E-state index is 13.2. The molecule has 1 aromatic carbocycles. The molecule has 0 heterocycles. The topological polar surface area (TPSA) is 64.3 Å². The van der Waals surface area contributed by atoms with E-state index in [0.29, 0.717) is 23.8 Å². The summed E-state index contributed by atoms with van der Waals surface area (Å²) in [6, 6.07) is 4.23. The highest BCUT2D eigenvalue weighted by atomic mass is 19.1. The molecule has 0 saturated heterocycles. The van der Waals surface area contributed by atoms with Crippen LogP contribution < -0.4 is 15.8 Å². The molecule has 0 bridgehead atoms. The Morgan fingerprint density at radius 1 is 1.44 bits per heavy atom. The molecule has 3 N–H and O–H groups in total. The van der Waals surface area contributed by atoms with E-state index in [2.05, 4.69) is 5.32 Å². The summed E-state index contributed by atoms with van der Waals surface area (Å²) >= 11 is 0. The van der Waals surface area contributed by atoms with Crippen molar-refractivity contribution in [2.75, 3.05) is 13.2 Å². The second kappa shape index (κ2) is 5.82. The predicted octanol–water partition coefficient (Wildman–Crippen LogP) is 1.19. The van der Waals surface area contributed by atoms with E-state index in [1.807, 2.05) is 0 Å². The minimum absolute atomic E-state index is 0.0970. The quantitative estimate of drug-likeness (QED) is 0.799. The molecule has 1 fully saturated rings. The minimum atomic E-state index is -0.411. The smallest absolute Gasteiger partial charge is 0.257 e.